The number of hydrogen-bond acceptors (Lipinski definition) is 3. The summed E-state index contributed by atoms with van der Waals surface area (Å²) in [5.74, 6) is -2.47. The van der Waals surface area contributed by atoms with E-state index in [4.69, 9.17) is 0 Å². The van der Waals surface area contributed by atoms with Gasteiger partial charge in [0.25, 0.3) is 0 Å². The van der Waals surface area contributed by atoms with E-state index in [-0.39, 0.29) is 18.8 Å². The lowest BCUT2D eigenvalue weighted by atomic mass is 9.85. The van der Waals surface area contributed by atoms with E-state index in [0.29, 0.717) is 25.1 Å². The average Bonchev–Trinajstić information content (AvgIpc) is 2.55. The first-order valence-electron chi connectivity index (χ1n) is 4.98. The summed E-state index contributed by atoms with van der Waals surface area (Å²) in [7, 11) is 0. The zero-order valence-corrected chi connectivity index (χ0v) is 8.13. The van der Waals surface area contributed by atoms with Crippen LogP contribution in [0.15, 0.2) is 9.32 Å². The van der Waals surface area contributed by atoms with Crippen molar-refractivity contribution in [1.82, 2.24) is 10.1 Å². The molecule has 0 aliphatic heterocycles. The molecule has 1 aliphatic rings. The number of halogens is 2. The van der Waals surface area contributed by atoms with E-state index in [1.165, 1.54) is 0 Å². The zero-order chi connectivity index (χ0) is 10.9. The maximum Gasteiger partial charge on any atom is 0.438 e. The van der Waals surface area contributed by atoms with Gasteiger partial charge in [-0.25, -0.2) is 13.6 Å². The maximum atomic E-state index is 12.8. The molecule has 0 unspecified atom stereocenters. The van der Waals surface area contributed by atoms with Gasteiger partial charge in [-0.3, -0.25) is 9.51 Å². The Balaban J connectivity index is 1.90. The lowest BCUT2D eigenvalue weighted by molar-refractivity contribution is -0.0458. The standard InChI is InChI=1S/C9H12F2N2O2/c10-9(11)3-1-6(2-4-9)5-7-12-8(14)15-13-7/h6H,1-5H2,(H,12,13,14). The van der Waals surface area contributed by atoms with E-state index in [2.05, 4.69) is 14.7 Å². The molecule has 0 amide bonds. The zero-order valence-electron chi connectivity index (χ0n) is 8.13. The first-order chi connectivity index (χ1) is 7.05. The quantitative estimate of drug-likeness (QED) is 0.822. The summed E-state index contributed by atoms with van der Waals surface area (Å²) in [5, 5.41) is 3.52. The molecule has 1 heterocycles. The second-order valence-electron chi connectivity index (χ2n) is 4.05. The highest BCUT2D eigenvalue weighted by atomic mass is 19.3. The molecule has 0 atom stereocenters. The number of nitrogens with one attached hydrogen (secondary N) is 1. The lowest BCUT2D eigenvalue weighted by Crippen LogP contribution is -2.25. The van der Waals surface area contributed by atoms with Crippen molar-refractivity contribution in [2.45, 2.75) is 38.0 Å². The third-order valence-corrected chi connectivity index (χ3v) is 2.80. The third kappa shape index (κ3) is 2.64. The molecule has 0 aromatic carbocycles. The van der Waals surface area contributed by atoms with E-state index in [1.54, 1.807) is 0 Å². The van der Waals surface area contributed by atoms with Crippen LogP contribution in [-0.4, -0.2) is 16.1 Å². The Hall–Kier alpha value is -1.20. The van der Waals surface area contributed by atoms with Gasteiger partial charge in [0.1, 0.15) is 0 Å². The van der Waals surface area contributed by atoms with Crippen LogP contribution in [0.25, 0.3) is 0 Å². The largest absolute Gasteiger partial charge is 0.438 e. The summed E-state index contributed by atoms with van der Waals surface area (Å²) >= 11 is 0. The van der Waals surface area contributed by atoms with Gasteiger partial charge in [-0.15, -0.1) is 0 Å². The van der Waals surface area contributed by atoms with Crippen LogP contribution in [0.2, 0.25) is 0 Å². The Kier molecular flexibility index (Phi) is 2.58. The Morgan fingerprint density at radius 1 is 1.47 bits per heavy atom. The van der Waals surface area contributed by atoms with Crippen LogP contribution in [0.3, 0.4) is 0 Å². The molecule has 6 heteroatoms. The molecule has 0 spiro atoms. The van der Waals surface area contributed by atoms with Gasteiger partial charge in [-0.05, 0) is 18.8 Å². The van der Waals surface area contributed by atoms with Crippen LogP contribution < -0.4 is 5.76 Å². The molecule has 1 aromatic rings. The van der Waals surface area contributed by atoms with Gasteiger partial charge in [0.15, 0.2) is 5.82 Å². The fraction of sp³-hybridized carbons (Fsp3) is 0.778. The van der Waals surface area contributed by atoms with Crippen molar-refractivity contribution in [2.24, 2.45) is 5.92 Å². The first kappa shape index (κ1) is 10.3. The number of aromatic nitrogens is 2. The minimum atomic E-state index is -2.51. The van der Waals surface area contributed by atoms with E-state index in [0.717, 1.165) is 0 Å². The molecule has 1 saturated carbocycles. The summed E-state index contributed by atoms with van der Waals surface area (Å²) in [6, 6.07) is 0. The normalized spacial score (nSPS) is 21.7. The maximum absolute atomic E-state index is 12.8. The van der Waals surface area contributed by atoms with E-state index in [1.807, 2.05) is 0 Å². The number of rotatable bonds is 2. The minimum absolute atomic E-state index is 0.0697. The topological polar surface area (TPSA) is 58.9 Å². The Labute approximate surface area is 84.7 Å². The van der Waals surface area contributed by atoms with Crippen molar-refractivity contribution in [3.05, 3.63) is 16.4 Å². The second-order valence-corrected chi connectivity index (χ2v) is 4.05. The van der Waals surface area contributed by atoms with E-state index < -0.39 is 11.7 Å². The number of nitrogens with zero attached hydrogens (tertiary/aromatic N) is 1. The summed E-state index contributed by atoms with van der Waals surface area (Å²) < 4.78 is 30.0. The Morgan fingerprint density at radius 3 is 2.67 bits per heavy atom. The van der Waals surface area contributed by atoms with Gasteiger partial charge >= 0.3 is 5.76 Å². The third-order valence-electron chi connectivity index (χ3n) is 2.80. The molecular weight excluding hydrogens is 206 g/mol. The summed E-state index contributed by atoms with van der Waals surface area (Å²) in [6.07, 6.45) is 1.32. The number of hydrogen-bond donors (Lipinski definition) is 1. The van der Waals surface area contributed by atoms with Gasteiger partial charge in [0.2, 0.25) is 5.92 Å². The molecule has 84 valence electrons. The molecule has 1 N–H and O–H groups in total. The fourth-order valence-electron chi connectivity index (χ4n) is 1.93. The summed E-state index contributed by atoms with van der Waals surface area (Å²) in [6.45, 7) is 0. The van der Waals surface area contributed by atoms with Gasteiger partial charge in [-0.1, -0.05) is 5.16 Å². The molecule has 0 bridgehead atoms. The number of alkyl halides is 2. The fourth-order valence-corrected chi connectivity index (χ4v) is 1.93. The first-order valence-corrected chi connectivity index (χ1v) is 4.98. The predicted octanol–water partition coefficient (Wildman–Crippen LogP) is 1.73. The van der Waals surface area contributed by atoms with Crippen LogP contribution in [0.5, 0.6) is 0 Å². The van der Waals surface area contributed by atoms with Crippen LogP contribution in [-0.2, 0) is 6.42 Å². The summed E-state index contributed by atoms with van der Waals surface area (Å²) in [4.78, 5) is 13.1. The van der Waals surface area contributed by atoms with Crippen LogP contribution in [0, 0.1) is 5.92 Å². The monoisotopic (exact) mass is 218 g/mol. The molecule has 0 saturated heterocycles. The number of aromatic amines is 1. The number of H-pyrrole nitrogens is 1. The molecule has 1 aliphatic carbocycles. The molecular formula is C9H12F2N2O2. The smallest absolute Gasteiger partial charge is 0.296 e. The SMILES string of the molecule is O=c1[nH]c(CC2CCC(F)(F)CC2)no1. The van der Waals surface area contributed by atoms with Crippen molar-refractivity contribution < 1.29 is 13.3 Å². The van der Waals surface area contributed by atoms with Gasteiger partial charge < -0.3 is 0 Å². The molecule has 1 fully saturated rings. The molecule has 2 rings (SSSR count). The van der Waals surface area contributed by atoms with Crippen molar-refractivity contribution in [3.63, 3.8) is 0 Å². The van der Waals surface area contributed by atoms with E-state index >= 15 is 0 Å². The van der Waals surface area contributed by atoms with Crippen molar-refractivity contribution in [2.75, 3.05) is 0 Å². The highest BCUT2D eigenvalue weighted by molar-refractivity contribution is 4.86. The Morgan fingerprint density at radius 2 is 2.13 bits per heavy atom. The molecule has 15 heavy (non-hydrogen) atoms. The lowest BCUT2D eigenvalue weighted by Gasteiger charge is -2.27. The van der Waals surface area contributed by atoms with Crippen LogP contribution in [0.1, 0.15) is 31.5 Å². The van der Waals surface area contributed by atoms with Crippen molar-refractivity contribution in [3.8, 4) is 0 Å². The van der Waals surface area contributed by atoms with Gasteiger partial charge in [0, 0.05) is 19.3 Å². The van der Waals surface area contributed by atoms with E-state index in [9.17, 15) is 13.6 Å². The van der Waals surface area contributed by atoms with Crippen molar-refractivity contribution >= 4 is 0 Å². The molecule has 0 radical (unpaired) electrons. The molecule has 4 nitrogen and oxygen atoms in total. The highest BCUT2D eigenvalue weighted by Crippen LogP contribution is 2.36. The second kappa shape index (κ2) is 3.75. The average molecular weight is 218 g/mol. The van der Waals surface area contributed by atoms with Gasteiger partial charge in [-0.2, -0.15) is 0 Å². The minimum Gasteiger partial charge on any atom is -0.296 e. The van der Waals surface area contributed by atoms with Crippen LogP contribution >= 0.6 is 0 Å². The summed E-state index contributed by atoms with van der Waals surface area (Å²) in [5.41, 5.74) is 0. The van der Waals surface area contributed by atoms with Crippen molar-refractivity contribution in [1.29, 1.82) is 0 Å². The van der Waals surface area contributed by atoms with Gasteiger partial charge in [0.05, 0.1) is 0 Å². The van der Waals surface area contributed by atoms with Crippen LogP contribution in [0.4, 0.5) is 8.78 Å². The highest BCUT2D eigenvalue weighted by Gasteiger charge is 2.35. The Bertz CT molecular complexity index is 375. The molecule has 1 aromatic heterocycles. The predicted molar refractivity (Wildman–Crippen MR) is 47.7 cm³/mol.